The highest BCUT2D eigenvalue weighted by molar-refractivity contribution is 6.04. The molecule has 6 nitrogen and oxygen atoms in total. The van der Waals surface area contributed by atoms with Crippen LogP contribution in [0.1, 0.15) is 11.5 Å². The number of benzene rings is 1. The molecule has 0 spiro atoms. The van der Waals surface area contributed by atoms with Crippen molar-refractivity contribution in [3.63, 3.8) is 0 Å². The van der Waals surface area contributed by atoms with Gasteiger partial charge in [-0.3, -0.25) is 4.79 Å². The third-order valence-corrected chi connectivity index (χ3v) is 3.05. The number of para-hydroxylation sites is 1. The minimum absolute atomic E-state index is 0.0694. The normalized spacial score (nSPS) is 14.1. The Morgan fingerprint density at radius 3 is 3.06 bits per heavy atom. The van der Waals surface area contributed by atoms with E-state index in [4.69, 9.17) is 10.3 Å². The Balaban J connectivity index is 2.14. The van der Waals surface area contributed by atoms with Crippen molar-refractivity contribution in [3.05, 3.63) is 29.7 Å². The Hall–Kier alpha value is -2.21. The SMILES string of the molecule is CN1C(=O)Cc2cccc(-c3noc(CN)n3)c21. The summed E-state index contributed by atoms with van der Waals surface area (Å²) in [6.07, 6.45) is 0.418. The predicted molar refractivity (Wildman–Crippen MR) is 64.7 cm³/mol. The molecule has 92 valence electrons. The van der Waals surface area contributed by atoms with Crippen LogP contribution < -0.4 is 10.6 Å². The highest BCUT2D eigenvalue weighted by atomic mass is 16.5. The van der Waals surface area contributed by atoms with Crippen LogP contribution in [0.4, 0.5) is 5.69 Å². The number of hydrogen-bond acceptors (Lipinski definition) is 5. The second-order valence-corrected chi connectivity index (χ2v) is 4.16. The number of nitrogens with zero attached hydrogens (tertiary/aromatic N) is 3. The summed E-state index contributed by atoms with van der Waals surface area (Å²) in [4.78, 5) is 17.5. The molecule has 0 radical (unpaired) electrons. The molecule has 2 aromatic rings. The molecule has 0 bridgehead atoms. The van der Waals surface area contributed by atoms with E-state index < -0.39 is 0 Å². The summed E-state index contributed by atoms with van der Waals surface area (Å²) >= 11 is 0. The summed E-state index contributed by atoms with van der Waals surface area (Å²) in [6.45, 7) is 0.205. The maximum Gasteiger partial charge on any atom is 0.240 e. The summed E-state index contributed by atoms with van der Waals surface area (Å²) in [6, 6.07) is 5.70. The number of fused-ring (bicyclic) bond motifs is 1. The molecule has 0 saturated carbocycles. The molecule has 1 aliphatic heterocycles. The van der Waals surface area contributed by atoms with Crippen molar-refractivity contribution < 1.29 is 9.32 Å². The van der Waals surface area contributed by atoms with Gasteiger partial charge in [0.15, 0.2) is 0 Å². The molecule has 0 saturated heterocycles. The lowest BCUT2D eigenvalue weighted by Crippen LogP contribution is -2.21. The first kappa shape index (κ1) is 10.9. The number of amides is 1. The first-order valence-electron chi connectivity index (χ1n) is 5.62. The molecule has 0 aliphatic carbocycles. The molecule has 18 heavy (non-hydrogen) atoms. The molecule has 3 rings (SSSR count). The van der Waals surface area contributed by atoms with Gasteiger partial charge in [0.05, 0.1) is 18.7 Å². The first-order chi connectivity index (χ1) is 8.70. The lowest BCUT2D eigenvalue weighted by molar-refractivity contribution is -0.117. The van der Waals surface area contributed by atoms with Crippen LogP contribution in [0, 0.1) is 0 Å². The number of likely N-dealkylation sites (N-methyl/N-ethyl adjacent to an activating group) is 1. The Kier molecular flexibility index (Phi) is 2.38. The van der Waals surface area contributed by atoms with Gasteiger partial charge in [-0.05, 0) is 11.6 Å². The van der Waals surface area contributed by atoms with Crippen molar-refractivity contribution in [3.8, 4) is 11.4 Å². The topological polar surface area (TPSA) is 85.2 Å². The van der Waals surface area contributed by atoms with Crippen LogP contribution in [0.5, 0.6) is 0 Å². The van der Waals surface area contributed by atoms with E-state index >= 15 is 0 Å². The molecule has 0 fully saturated rings. The van der Waals surface area contributed by atoms with Gasteiger partial charge in [0.2, 0.25) is 17.6 Å². The lowest BCUT2D eigenvalue weighted by atomic mass is 10.1. The van der Waals surface area contributed by atoms with Crippen molar-refractivity contribution in [2.24, 2.45) is 5.73 Å². The minimum atomic E-state index is 0.0694. The molecule has 0 atom stereocenters. The standard InChI is InChI=1S/C12H12N4O2/c1-16-10(17)5-7-3-2-4-8(11(7)16)12-14-9(6-13)18-15-12/h2-4H,5-6,13H2,1H3. The number of hydrogen-bond donors (Lipinski definition) is 1. The van der Waals surface area contributed by atoms with Gasteiger partial charge in [0.1, 0.15) is 0 Å². The van der Waals surface area contributed by atoms with Gasteiger partial charge in [-0.15, -0.1) is 0 Å². The Labute approximate surface area is 103 Å². The van der Waals surface area contributed by atoms with Crippen molar-refractivity contribution in [2.45, 2.75) is 13.0 Å². The minimum Gasteiger partial charge on any atom is -0.338 e. The van der Waals surface area contributed by atoms with E-state index in [1.807, 2.05) is 18.2 Å². The van der Waals surface area contributed by atoms with Crippen LogP contribution in [0.2, 0.25) is 0 Å². The zero-order chi connectivity index (χ0) is 12.7. The summed E-state index contributed by atoms with van der Waals surface area (Å²) in [7, 11) is 1.75. The average molecular weight is 244 g/mol. The van der Waals surface area contributed by atoms with E-state index in [0.717, 1.165) is 16.8 Å². The highest BCUT2D eigenvalue weighted by Crippen LogP contribution is 2.36. The number of carbonyl (C=O) groups excluding carboxylic acids is 1. The van der Waals surface area contributed by atoms with E-state index in [2.05, 4.69) is 10.1 Å². The average Bonchev–Trinajstić information content (AvgIpc) is 2.95. The largest absolute Gasteiger partial charge is 0.338 e. The fourth-order valence-corrected chi connectivity index (χ4v) is 2.16. The van der Waals surface area contributed by atoms with Crippen LogP contribution in [-0.4, -0.2) is 23.1 Å². The van der Waals surface area contributed by atoms with Gasteiger partial charge in [0.25, 0.3) is 0 Å². The molecular weight excluding hydrogens is 232 g/mol. The van der Waals surface area contributed by atoms with Crippen LogP contribution in [0.3, 0.4) is 0 Å². The maximum atomic E-state index is 11.7. The fraction of sp³-hybridized carbons (Fsp3) is 0.250. The van der Waals surface area contributed by atoms with Gasteiger partial charge >= 0.3 is 0 Å². The van der Waals surface area contributed by atoms with Crippen molar-refractivity contribution in [1.29, 1.82) is 0 Å². The summed E-state index contributed by atoms with van der Waals surface area (Å²) in [5.74, 6) is 0.920. The zero-order valence-corrected chi connectivity index (χ0v) is 9.88. The van der Waals surface area contributed by atoms with E-state index in [1.165, 1.54) is 0 Å². The van der Waals surface area contributed by atoms with E-state index in [-0.39, 0.29) is 12.5 Å². The number of carbonyl (C=O) groups is 1. The molecule has 2 heterocycles. The molecule has 1 aromatic carbocycles. The molecular formula is C12H12N4O2. The van der Waals surface area contributed by atoms with Crippen LogP contribution >= 0.6 is 0 Å². The highest BCUT2D eigenvalue weighted by Gasteiger charge is 2.28. The van der Waals surface area contributed by atoms with Gasteiger partial charge in [-0.25, -0.2) is 0 Å². The summed E-state index contributed by atoms with van der Waals surface area (Å²) < 4.78 is 5.00. The molecule has 0 unspecified atom stereocenters. The predicted octanol–water partition coefficient (Wildman–Crippen LogP) is 0.714. The second kappa shape index (κ2) is 3.92. The number of nitrogens with two attached hydrogens (primary N) is 1. The lowest BCUT2D eigenvalue weighted by Gasteiger charge is -2.12. The molecule has 1 aliphatic rings. The van der Waals surface area contributed by atoms with Crippen molar-refractivity contribution >= 4 is 11.6 Å². The number of aromatic nitrogens is 2. The molecule has 1 aromatic heterocycles. The van der Waals surface area contributed by atoms with Crippen molar-refractivity contribution in [2.75, 3.05) is 11.9 Å². The molecule has 1 amide bonds. The van der Waals surface area contributed by atoms with E-state index in [1.54, 1.807) is 11.9 Å². The summed E-state index contributed by atoms with van der Waals surface area (Å²) in [5.41, 5.74) is 8.08. The molecule has 2 N–H and O–H groups in total. The van der Waals surface area contributed by atoms with Crippen LogP contribution in [0.25, 0.3) is 11.4 Å². The first-order valence-corrected chi connectivity index (χ1v) is 5.62. The smallest absolute Gasteiger partial charge is 0.240 e. The van der Waals surface area contributed by atoms with Crippen LogP contribution in [0.15, 0.2) is 22.7 Å². The Morgan fingerprint density at radius 2 is 2.33 bits per heavy atom. The van der Waals surface area contributed by atoms with Crippen molar-refractivity contribution in [1.82, 2.24) is 10.1 Å². The zero-order valence-electron chi connectivity index (χ0n) is 9.88. The van der Waals surface area contributed by atoms with Gasteiger partial charge in [0, 0.05) is 12.6 Å². The monoisotopic (exact) mass is 244 g/mol. The third kappa shape index (κ3) is 1.50. The quantitative estimate of drug-likeness (QED) is 0.841. The van der Waals surface area contributed by atoms with Crippen LogP contribution in [-0.2, 0) is 17.8 Å². The number of anilines is 1. The third-order valence-electron chi connectivity index (χ3n) is 3.05. The Morgan fingerprint density at radius 1 is 1.50 bits per heavy atom. The van der Waals surface area contributed by atoms with Gasteiger partial charge in [-0.1, -0.05) is 17.3 Å². The van der Waals surface area contributed by atoms with E-state index in [0.29, 0.717) is 18.1 Å². The number of rotatable bonds is 2. The maximum absolute atomic E-state index is 11.7. The Bertz CT molecular complexity index is 620. The summed E-state index contributed by atoms with van der Waals surface area (Å²) in [5, 5.41) is 3.89. The van der Waals surface area contributed by atoms with Gasteiger partial charge in [-0.2, -0.15) is 4.98 Å². The fourth-order valence-electron chi connectivity index (χ4n) is 2.16. The second-order valence-electron chi connectivity index (χ2n) is 4.16. The molecule has 6 heteroatoms. The van der Waals surface area contributed by atoms with E-state index in [9.17, 15) is 4.79 Å². The van der Waals surface area contributed by atoms with Gasteiger partial charge < -0.3 is 15.2 Å².